The number of benzene rings is 1. The zero-order valence-electron chi connectivity index (χ0n) is 13.8. The third-order valence-electron chi connectivity index (χ3n) is 5.95. The Labute approximate surface area is 130 Å². The Bertz CT molecular complexity index is 420. The quantitative estimate of drug-likeness (QED) is 0.772. The summed E-state index contributed by atoms with van der Waals surface area (Å²) in [6, 6.07) is 12.2. The van der Waals surface area contributed by atoms with Crippen molar-refractivity contribution in [2.75, 3.05) is 0 Å². The molecule has 116 valence electrons. The molecule has 1 atom stereocenters. The van der Waals surface area contributed by atoms with Gasteiger partial charge in [-0.15, -0.1) is 0 Å². The van der Waals surface area contributed by atoms with E-state index in [9.17, 15) is 0 Å². The lowest BCUT2D eigenvalue weighted by atomic mass is 9.71. The van der Waals surface area contributed by atoms with Crippen molar-refractivity contribution in [2.45, 2.75) is 77.3 Å². The van der Waals surface area contributed by atoms with Gasteiger partial charge >= 0.3 is 0 Å². The number of rotatable bonds is 4. The third-order valence-corrected chi connectivity index (χ3v) is 5.95. The van der Waals surface area contributed by atoms with Crippen molar-refractivity contribution in [3.8, 4) is 0 Å². The molecule has 1 aromatic rings. The molecule has 3 rings (SSSR count). The Kier molecular flexibility index (Phi) is 4.69. The average Bonchev–Trinajstić information content (AvgIpc) is 2.96. The molecule has 21 heavy (non-hydrogen) atoms. The van der Waals surface area contributed by atoms with Gasteiger partial charge in [0.2, 0.25) is 0 Å². The Balaban J connectivity index is 1.60. The maximum Gasteiger partial charge on any atom is 0.0345 e. The van der Waals surface area contributed by atoms with Gasteiger partial charge < -0.3 is 5.32 Å². The van der Waals surface area contributed by atoms with Crippen molar-refractivity contribution < 1.29 is 0 Å². The second kappa shape index (κ2) is 6.52. The normalized spacial score (nSPS) is 23.8. The molecule has 1 heteroatoms. The summed E-state index contributed by atoms with van der Waals surface area (Å²) < 4.78 is 0. The number of nitrogens with one attached hydrogen (secondary N) is 1. The summed E-state index contributed by atoms with van der Waals surface area (Å²) in [5.41, 5.74) is 2.20. The highest BCUT2D eigenvalue weighted by molar-refractivity contribution is 5.19. The van der Waals surface area contributed by atoms with Gasteiger partial charge in [-0.05, 0) is 55.4 Å². The van der Waals surface area contributed by atoms with Gasteiger partial charge in [0.05, 0.1) is 0 Å². The van der Waals surface area contributed by atoms with Crippen LogP contribution in [-0.4, -0.2) is 6.04 Å². The molecule has 2 aliphatic rings. The zero-order valence-corrected chi connectivity index (χ0v) is 13.8. The maximum atomic E-state index is 3.98. The lowest BCUT2D eigenvalue weighted by Crippen LogP contribution is -2.40. The van der Waals surface area contributed by atoms with Gasteiger partial charge in [0.15, 0.2) is 0 Å². The van der Waals surface area contributed by atoms with Crippen molar-refractivity contribution in [3.63, 3.8) is 0 Å². The van der Waals surface area contributed by atoms with Crippen molar-refractivity contribution >= 4 is 0 Å². The summed E-state index contributed by atoms with van der Waals surface area (Å²) in [5.74, 6) is 0.648. The summed E-state index contributed by atoms with van der Waals surface area (Å²) in [4.78, 5) is 0. The van der Waals surface area contributed by atoms with Crippen LogP contribution in [0.15, 0.2) is 30.3 Å². The molecule has 0 saturated heterocycles. The van der Waals surface area contributed by atoms with Crippen molar-refractivity contribution in [3.05, 3.63) is 35.9 Å². The fraction of sp³-hybridized carbons (Fsp3) is 0.700. The van der Waals surface area contributed by atoms with Crippen LogP contribution in [0.3, 0.4) is 0 Å². The lowest BCUT2D eigenvalue weighted by Gasteiger charge is -2.39. The smallest absolute Gasteiger partial charge is 0.0345 e. The highest BCUT2D eigenvalue weighted by Gasteiger charge is 2.37. The molecule has 1 aromatic carbocycles. The first-order valence-electron chi connectivity index (χ1n) is 9.00. The predicted molar refractivity (Wildman–Crippen MR) is 90.3 cm³/mol. The molecule has 0 aliphatic heterocycles. The minimum absolute atomic E-state index is 0.508. The van der Waals surface area contributed by atoms with Crippen molar-refractivity contribution in [1.29, 1.82) is 0 Å². The Morgan fingerprint density at radius 3 is 2.14 bits per heavy atom. The summed E-state index contributed by atoms with van der Waals surface area (Å²) in [5, 5.41) is 3.98. The van der Waals surface area contributed by atoms with E-state index in [1.54, 1.807) is 0 Å². The van der Waals surface area contributed by atoms with Crippen LogP contribution < -0.4 is 5.32 Å². The van der Waals surface area contributed by atoms with Crippen LogP contribution in [-0.2, 0) is 0 Å². The van der Waals surface area contributed by atoms with Crippen LogP contribution in [0.1, 0.15) is 76.8 Å². The maximum absolute atomic E-state index is 3.98. The van der Waals surface area contributed by atoms with E-state index in [0.29, 0.717) is 12.0 Å². The van der Waals surface area contributed by atoms with Crippen LogP contribution >= 0.6 is 0 Å². The molecule has 0 radical (unpaired) electrons. The summed E-state index contributed by atoms with van der Waals surface area (Å²) in [7, 11) is 0. The average molecular weight is 285 g/mol. The topological polar surface area (TPSA) is 12.0 Å². The molecule has 2 saturated carbocycles. The fourth-order valence-electron chi connectivity index (χ4n) is 4.61. The van der Waals surface area contributed by atoms with Gasteiger partial charge in [0, 0.05) is 12.1 Å². The molecular formula is C20H31N. The van der Waals surface area contributed by atoms with E-state index in [1.807, 2.05) is 0 Å². The minimum Gasteiger partial charge on any atom is -0.307 e. The first kappa shape index (κ1) is 15.1. The van der Waals surface area contributed by atoms with Gasteiger partial charge in [-0.25, -0.2) is 0 Å². The Morgan fingerprint density at radius 1 is 0.952 bits per heavy atom. The first-order chi connectivity index (χ1) is 10.2. The second-order valence-corrected chi connectivity index (χ2v) is 7.78. The number of hydrogen-bond acceptors (Lipinski definition) is 1. The largest absolute Gasteiger partial charge is 0.307 e. The van der Waals surface area contributed by atoms with Crippen LogP contribution in [0.25, 0.3) is 0 Å². The monoisotopic (exact) mass is 285 g/mol. The predicted octanol–water partition coefficient (Wildman–Crippen LogP) is 5.48. The Morgan fingerprint density at radius 2 is 1.57 bits per heavy atom. The van der Waals surface area contributed by atoms with Crippen LogP contribution in [0, 0.1) is 11.3 Å². The molecule has 1 unspecified atom stereocenters. The molecule has 1 N–H and O–H groups in total. The van der Waals surface area contributed by atoms with E-state index < -0.39 is 0 Å². The highest BCUT2D eigenvalue weighted by atomic mass is 15.0. The van der Waals surface area contributed by atoms with Crippen LogP contribution in [0.5, 0.6) is 0 Å². The van der Waals surface area contributed by atoms with Crippen LogP contribution in [0.2, 0.25) is 0 Å². The van der Waals surface area contributed by atoms with E-state index >= 15 is 0 Å². The molecule has 1 nitrogen and oxygen atoms in total. The molecule has 2 fully saturated rings. The molecule has 0 bridgehead atoms. The molecule has 0 amide bonds. The standard InChI is InChI=1S/C20H31N/c1-16(2)19(17-8-4-3-5-9-17)21-18-10-14-20(15-11-18)12-6-7-13-20/h3-5,8-9,16,18-19,21H,6-7,10-15H2,1-2H3. The van der Waals surface area contributed by atoms with Gasteiger partial charge in [-0.1, -0.05) is 57.0 Å². The van der Waals surface area contributed by atoms with E-state index in [-0.39, 0.29) is 0 Å². The lowest BCUT2D eigenvalue weighted by molar-refractivity contribution is 0.157. The van der Waals surface area contributed by atoms with E-state index in [1.165, 1.54) is 56.9 Å². The fourth-order valence-corrected chi connectivity index (χ4v) is 4.61. The minimum atomic E-state index is 0.508. The molecule has 0 heterocycles. The molecule has 2 aliphatic carbocycles. The summed E-state index contributed by atoms with van der Waals surface area (Å²) in [6.07, 6.45) is 11.7. The van der Waals surface area contributed by atoms with Crippen molar-refractivity contribution in [2.24, 2.45) is 11.3 Å². The van der Waals surface area contributed by atoms with Crippen molar-refractivity contribution in [1.82, 2.24) is 5.32 Å². The molecule has 1 spiro atoms. The van der Waals surface area contributed by atoms with Gasteiger partial charge in [-0.2, -0.15) is 0 Å². The first-order valence-corrected chi connectivity index (χ1v) is 9.00. The highest BCUT2D eigenvalue weighted by Crippen LogP contribution is 2.49. The SMILES string of the molecule is CC(C)C(NC1CCC2(CCCC2)CC1)c1ccccc1. The van der Waals surface area contributed by atoms with E-state index in [0.717, 1.165) is 11.5 Å². The van der Waals surface area contributed by atoms with Gasteiger partial charge in [-0.3, -0.25) is 0 Å². The van der Waals surface area contributed by atoms with E-state index in [2.05, 4.69) is 49.5 Å². The van der Waals surface area contributed by atoms with Crippen LogP contribution in [0.4, 0.5) is 0 Å². The summed E-state index contributed by atoms with van der Waals surface area (Å²) in [6.45, 7) is 4.68. The molecular weight excluding hydrogens is 254 g/mol. The summed E-state index contributed by atoms with van der Waals surface area (Å²) >= 11 is 0. The van der Waals surface area contributed by atoms with E-state index in [4.69, 9.17) is 0 Å². The third kappa shape index (κ3) is 3.51. The Hall–Kier alpha value is -0.820. The number of hydrogen-bond donors (Lipinski definition) is 1. The van der Waals surface area contributed by atoms with Gasteiger partial charge in [0.1, 0.15) is 0 Å². The van der Waals surface area contributed by atoms with Gasteiger partial charge in [0.25, 0.3) is 0 Å². The molecule has 0 aromatic heterocycles. The second-order valence-electron chi connectivity index (χ2n) is 7.78. The zero-order chi connectivity index (χ0) is 14.7.